The quantitative estimate of drug-likeness (QED) is 0.325. The third-order valence-electron chi connectivity index (χ3n) is 5.38. The summed E-state index contributed by atoms with van der Waals surface area (Å²) in [5, 5.41) is 3.52. The van der Waals surface area contributed by atoms with Crippen molar-refractivity contribution in [2.45, 2.75) is 26.9 Å². The van der Waals surface area contributed by atoms with Gasteiger partial charge in [-0.3, -0.25) is 0 Å². The molecule has 3 aromatic rings. The van der Waals surface area contributed by atoms with Gasteiger partial charge in [-0.15, -0.1) is 0 Å². The number of hydrogen-bond donors (Lipinski definition) is 1. The molecule has 0 saturated heterocycles. The minimum Gasteiger partial charge on any atom is -0.497 e. The smallest absolute Gasteiger partial charge is 0.127 e. The molecule has 0 amide bonds. The molecule has 0 aliphatic carbocycles. The van der Waals surface area contributed by atoms with Crippen molar-refractivity contribution in [1.82, 2.24) is 5.32 Å². The minimum absolute atomic E-state index is 0.499. The molecule has 0 radical (unpaired) electrons. The highest BCUT2D eigenvalue weighted by molar-refractivity contribution is 5.73. The molecule has 1 N–H and O–H groups in total. The van der Waals surface area contributed by atoms with Gasteiger partial charge in [0.25, 0.3) is 0 Å². The summed E-state index contributed by atoms with van der Waals surface area (Å²) in [5.41, 5.74) is 4.39. The van der Waals surface area contributed by atoms with Crippen LogP contribution in [0.25, 0.3) is 12.2 Å². The average Bonchev–Trinajstić information content (AvgIpc) is 2.87. The first kappa shape index (κ1) is 25.2. The highest BCUT2D eigenvalue weighted by atomic mass is 16.5. The zero-order valence-electron chi connectivity index (χ0n) is 20.8. The fraction of sp³-hybridized carbons (Fsp3) is 0.310. The molecule has 0 unspecified atom stereocenters. The van der Waals surface area contributed by atoms with Gasteiger partial charge >= 0.3 is 0 Å². The molecule has 0 heterocycles. The molecule has 180 valence electrons. The number of rotatable bonds is 12. The molecule has 5 heteroatoms. The molecule has 5 nitrogen and oxygen atoms in total. The van der Waals surface area contributed by atoms with Gasteiger partial charge in [0.05, 0.1) is 27.9 Å². The zero-order valence-corrected chi connectivity index (χ0v) is 20.8. The van der Waals surface area contributed by atoms with Crippen molar-refractivity contribution in [3.05, 3.63) is 82.9 Å². The van der Waals surface area contributed by atoms with Crippen LogP contribution in [0.15, 0.2) is 60.7 Å². The van der Waals surface area contributed by atoms with Crippen LogP contribution < -0.4 is 24.3 Å². The fourth-order valence-corrected chi connectivity index (χ4v) is 3.48. The Balaban J connectivity index is 1.75. The van der Waals surface area contributed by atoms with E-state index in [1.165, 1.54) is 5.56 Å². The van der Waals surface area contributed by atoms with E-state index in [-0.39, 0.29) is 0 Å². The van der Waals surface area contributed by atoms with E-state index in [1.807, 2.05) is 36.4 Å². The highest BCUT2D eigenvalue weighted by Gasteiger charge is 2.11. The maximum Gasteiger partial charge on any atom is 0.127 e. The Kier molecular flexibility index (Phi) is 9.41. The van der Waals surface area contributed by atoms with Crippen molar-refractivity contribution in [3.8, 4) is 23.0 Å². The van der Waals surface area contributed by atoms with Gasteiger partial charge in [-0.25, -0.2) is 0 Å². The van der Waals surface area contributed by atoms with Crippen LogP contribution in [0.3, 0.4) is 0 Å². The Morgan fingerprint density at radius 2 is 1.41 bits per heavy atom. The van der Waals surface area contributed by atoms with Crippen molar-refractivity contribution in [2.24, 2.45) is 5.92 Å². The lowest BCUT2D eigenvalue weighted by molar-refractivity contribution is 0.271. The Bertz CT molecular complexity index is 1060. The van der Waals surface area contributed by atoms with Crippen LogP contribution in [-0.4, -0.2) is 27.9 Å². The second kappa shape index (κ2) is 12.7. The van der Waals surface area contributed by atoms with E-state index < -0.39 is 0 Å². The van der Waals surface area contributed by atoms with E-state index in [9.17, 15) is 0 Å². The van der Waals surface area contributed by atoms with Crippen molar-refractivity contribution >= 4 is 12.2 Å². The summed E-state index contributed by atoms with van der Waals surface area (Å²) in [6.07, 6.45) is 4.19. The number of ether oxygens (including phenoxy) is 4. The predicted molar refractivity (Wildman–Crippen MR) is 139 cm³/mol. The lowest BCUT2D eigenvalue weighted by Gasteiger charge is -2.15. The van der Waals surface area contributed by atoms with Crippen LogP contribution in [0, 0.1) is 5.92 Å². The van der Waals surface area contributed by atoms with Crippen LogP contribution >= 0.6 is 0 Å². The molecule has 3 aromatic carbocycles. The molecule has 0 saturated carbocycles. The van der Waals surface area contributed by atoms with E-state index in [0.717, 1.165) is 46.2 Å². The van der Waals surface area contributed by atoms with Gasteiger partial charge in [0.1, 0.15) is 23.0 Å². The van der Waals surface area contributed by atoms with Crippen LogP contribution in [0.5, 0.6) is 23.0 Å². The standard InChI is InChI=1S/C29H35NO4/c1-21(2)20-34-26-14-7-22(8-15-26)6-11-24-16-27(32-4)17-29(33-5)28(24)19-30-18-23-9-12-25(31-3)13-10-23/h6-17,21,30H,18-20H2,1-5H3/b11-6+. The Morgan fingerprint density at radius 3 is 2.03 bits per heavy atom. The number of benzene rings is 3. The normalized spacial score (nSPS) is 11.1. The van der Waals surface area contributed by atoms with E-state index >= 15 is 0 Å². The SMILES string of the molecule is COc1ccc(CNCc2c(/C=C/c3ccc(OCC(C)C)cc3)cc(OC)cc2OC)cc1. The third-order valence-corrected chi connectivity index (χ3v) is 5.38. The molecule has 0 aliphatic rings. The number of methoxy groups -OCH3 is 3. The monoisotopic (exact) mass is 461 g/mol. The predicted octanol–water partition coefficient (Wildman–Crippen LogP) is 6.21. The molecular formula is C29H35NO4. The van der Waals surface area contributed by atoms with E-state index in [0.29, 0.717) is 19.1 Å². The van der Waals surface area contributed by atoms with Gasteiger partial charge < -0.3 is 24.3 Å². The average molecular weight is 462 g/mol. The molecule has 0 spiro atoms. The summed E-state index contributed by atoms with van der Waals surface area (Å²) in [6.45, 7) is 6.39. The first-order valence-electron chi connectivity index (χ1n) is 11.5. The molecule has 3 rings (SSSR count). The third kappa shape index (κ3) is 7.29. The molecule has 0 bridgehead atoms. The van der Waals surface area contributed by atoms with Gasteiger partial charge in [-0.2, -0.15) is 0 Å². The molecule has 0 atom stereocenters. The summed E-state index contributed by atoms with van der Waals surface area (Å²) in [6, 6.07) is 20.1. The summed E-state index contributed by atoms with van der Waals surface area (Å²) in [7, 11) is 5.03. The van der Waals surface area contributed by atoms with Gasteiger partial charge in [-0.1, -0.05) is 50.3 Å². The lowest BCUT2D eigenvalue weighted by Crippen LogP contribution is -2.14. The van der Waals surface area contributed by atoms with Crippen LogP contribution in [-0.2, 0) is 13.1 Å². The lowest BCUT2D eigenvalue weighted by atomic mass is 10.0. The highest BCUT2D eigenvalue weighted by Crippen LogP contribution is 2.30. The first-order chi connectivity index (χ1) is 16.5. The molecule has 0 fully saturated rings. The van der Waals surface area contributed by atoms with Crippen LogP contribution in [0.1, 0.15) is 36.1 Å². The Hall–Kier alpha value is -3.44. The van der Waals surface area contributed by atoms with Gasteiger partial charge in [-0.05, 0) is 52.9 Å². The van der Waals surface area contributed by atoms with E-state index in [2.05, 4.69) is 55.6 Å². The molecule has 34 heavy (non-hydrogen) atoms. The second-order valence-corrected chi connectivity index (χ2v) is 8.46. The van der Waals surface area contributed by atoms with Crippen molar-refractivity contribution in [1.29, 1.82) is 0 Å². The van der Waals surface area contributed by atoms with Gasteiger partial charge in [0.2, 0.25) is 0 Å². The number of nitrogens with one attached hydrogen (secondary N) is 1. The van der Waals surface area contributed by atoms with Crippen LogP contribution in [0.4, 0.5) is 0 Å². The summed E-state index contributed by atoms with van der Waals surface area (Å²) in [4.78, 5) is 0. The van der Waals surface area contributed by atoms with Crippen LogP contribution in [0.2, 0.25) is 0 Å². The second-order valence-electron chi connectivity index (χ2n) is 8.46. The van der Waals surface area contributed by atoms with Gasteiger partial charge in [0.15, 0.2) is 0 Å². The number of hydrogen-bond acceptors (Lipinski definition) is 5. The first-order valence-corrected chi connectivity index (χ1v) is 11.5. The molecular weight excluding hydrogens is 426 g/mol. The van der Waals surface area contributed by atoms with Crippen molar-refractivity contribution in [2.75, 3.05) is 27.9 Å². The minimum atomic E-state index is 0.499. The topological polar surface area (TPSA) is 49.0 Å². The Labute approximate surface area is 203 Å². The fourth-order valence-electron chi connectivity index (χ4n) is 3.48. The largest absolute Gasteiger partial charge is 0.497 e. The zero-order chi connectivity index (χ0) is 24.3. The Morgan fingerprint density at radius 1 is 0.735 bits per heavy atom. The van der Waals surface area contributed by atoms with E-state index in [4.69, 9.17) is 18.9 Å². The maximum atomic E-state index is 5.79. The van der Waals surface area contributed by atoms with Crippen molar-refractivity contribution in [3.63, 3.8) is 0 Å². The molecule has 0 aliphatic heterocycles. The summed E-state index contributed by atoms with van der Waals surface area (Å²) < 4.78 is 22.2. The van der Waals surface area contributed by atoms with Gasteiger partial charge in [0, 0.05) is 24.7 Å². The maximum absolute atomic E-state index is 5.79. The molecule has 0 aromatic heterocycles. The van der Waals surface area contributed by atoms with Crippen molar-refractivity contribution < 1.29 is 18.9 Å². The summed E-state index contributed by atoms with van der Waals surface area (Å²) in [5.74, 6) is 3.79. The van der Waals surface area contributed by atoms with E-state index in [1.54, 1.807) is 21.3 Å². The summed E-state index contributed by atoms with van der Waals surface area (Å²) >= 11 is 0.